The monoisotopic (exact) mass is 297 g/mol. The first-order chi connectivity index (χ1) is 10.2. The molecular weight excluding hydrogens is 262 g/mol. The molecule has 0 aliphatic carbocycles. The number of rotatable bonds is 6. The third-order valence-electron chi connectivity index (χ3n) is 5.12. The summed E-state index contributed by atoms with van der Waals surface area (Å²) in [7, 11) is 0. The number of nitrogens with zero attached hydrogens (tertiary/aromatic N) is 2. The fraction of sp³-hybridized carbons (Fsp3) is 1.00. The summed E-state index contributed by atoms with van der Waals surface area (Å²) in [4.78, 5) is 5.20. The zero-order valence-corrected chi connectivity index (χ0v) is 14.3. The highest BCUT2D eigenvalue weighted by Gasteiger charge is 2.23. The molecule has 2 aliphatic rings. The minimum absolute atomic E-state index is 0.532. The second kappa shape index (κ2) is 9.09. The summed E-state index contributed by atoms with van der Waals surface area (Å²) in [5.41, 5.74) is 0. The Morgan fingerprint density at radius 2 is 1.52 bits per heavy atom. The maximum absolute atomic E-state index is 5.45. The topological polar surface area (TPSA) is 27.7 Å². The maximum atomic E-state index is 5.45. The first kappa shape index (κ1) is 17.2. The number of likely N-dealkylation sites (tertiary alicyclic amines) is 1. The van der Waals surface area contributed by atoms with E-state index in [4.69, 9.17) is 4.74 Å². The molecule has 0 saturated carbocycles. The van der Waals surface area contributed by atoms with Crippen molar-refractivity contribution in [2.24, 2.45) is 0 Å². The van der Waals surface area contributed by atoms with Crippen LogP contribution in [-0.4, -0.2) is 73.9 Å². The van der Waals surface area contributed by atoms with Crippen molar-refractivity contribution in [2.75, 3.05) is 45.9 Å². The highest BCUT2D eigenvalue weighted by molar-refractivity contribution is 4.82. The zero-order chi connectivity index (χ0) is 15.1. The van der Waals surface area contributed by atoms with Crippen LogP contribution < -0.4 is 5.32 Å². The third kappa shape index (κ3) is 5.85. The number of nitrogens with one attached hydrogen (secondary N) is 1. The van der Waals surface area contributed by atoms with Gasteiger partial charge in [0.05, 0.1) is 13.2 Å². The summed E-state index contributed by atoms with van der Waals surface area (Å²) in [5, 5.41) is 3.82. The van der Waals surface area contributed by atoms with Gasteiger partial charge in [-0.1, -0.05) is 12.8 Å². The first-order valence-corrected chi connectivity index (χ1v) is 8.97. The van der Waals surface area contributed by atoms with Gasteiger partial charge in [-0.2, -0.15) is 0 Å². The van der Waals surface area contributed by atoms with E-state index >= 15 is 0 Å². The van der Waals surface area contributed by atoms with Crippen molar-refractivity contribution in [3.05, 3.63) is 0 Å². The van der Waals surface area contributed by atoms with E-state index in [1.165, 1.54) is 45.3 Å². The Morgan fingerprint density at radius 3 is 2.14 bits per heavy atom. The van der Waals surface area contributed by atoms with E-state index in [1.807, 2.05) is 0 Å². The molecule has 124 valence electrons. The lowest BCUT2D eigenvalue weighted by atomic mass is 10.1. The van der Waals surface area contributed by atoms with Crippen molar-refractivity contribution >= 4 is 0 Å². The van der Waals surface area contributed by atoms with Crippen LogP contribution >= 0.6 is 0 Å². The zero-order valence-electron chi connectivity index (χ0n) is 14.3. The van der Waals surface area contributed by atoms with Gasteiger partial charge in [0.2, 0.25) is 0 Å². The van der Waals surface area contributed by atoms with Gasteiger partial charge >= 0.3 is 0 Å². The minimum Gasteiger partial charge on any atom is -0.379 e. The quantitative estimate of drug-likeness (QED) is 0.811. The molecule has 0 aromatic heterocycles. The molecule has 2 rings (SSSR count). The lowest BCUT2D eigenvalue weighted by molar-refractivity contribution is 0.0126. The summed E-state index contributed by atoms with van der Waals surface area (Å²) >= 11 is 0. The van der Waals surface area contributed by atoms with Gasteiger partial charge in [-0.05, 0) is 46.7 Å². The molecule has 2 aliphatic heterocycles. The summed E-state index contributed by atoms with van der Waals surface area (Å²) < 4.78 is 5.45. The van der Waals surface area contributed by atoms with Crippen LogP contribution in [0.25, 0.3) is 0 Å². The average Bonchev–Trinajstić information content (AvgIpc) is 2.75. The molecule has 1 N–H and O–H groups in total. The molecule has 4 heteroatoms. The summed E-state index contributed by atoms with van der Waals surface area (Å²) in [6, 6.07) is 1.69. The van der Waals surface area contributed by atoms with Gasteiger partial charge in [0.1, 0.15) is 0 Å². The molecule has 3 atom stereocenters. The van der Waals surface area contributed by atoms with Gasteiger partial charge in [-0.25, -0.2) is 0 Å². The first-order valence-electron chi connectivity index (χ1n) is 8.97. The van der Waals surface area contributed by atoms with E-state index in [0.29, 0.717) is 18.1 Å². The van der Waals surface area contributed by atoms with Crippen LogP contribution in [0, 0.1) is 0 Å². The van der Waals surface area contributed by atoms with Crippen LogP contribution in [0.5, 0.6) is 0 Å². The molecule has 21 heavy (non-hydrogen) atoms. The van der Waals surface area contributed by atoms with Gasteiger partial charge in [-0.3, -0.25) is 4.90 Å². The molecule has 0 radical (unpaired) electrons. The predicted octanol–water partition coefficient (Wildman–Crippen LogP) is 1.95. The van der Waals surface area contributed by atoms with Crippen molar-refractivity contribution < 1.29 is 4.74 Å². The Labute approximate surface area is 131 Å². The fourth-order valence-corrected chi connectivity index (χ4v) is 3.65. The van der Waals surface area contributed by atoms with E-state index in [0.717, 1.165) is 26.3 Å². The average molecular weight is 297 g/mol. The predicted molar refractivity (Wildman–Crippen MR) is 88.8 cm³/mol. The smallest absolute Gasteiger partial charge is 0.0594 e. The van der Waals surface area contributed by atoms with Crippen molar-refractivity contribution in [3.8, 4) is 0 Å². The standard InChI is InChI=1S/C17H35N3O/c1-15(14-19-8-6-4-5-7-9-19)18-16(2)17(3)20-10-12-21-13-11-20/h15-18H,4-14H2,1-3H3/t15-,16+,17+/m1/s1. The fourth-order valence-electron chi connectivity index (χ4n) is 3.65. The van der Waals surface area contributed by atoms with Crippen molar-refractivity contribution in [1.82, 2.24) is 15.1 Å². The lowest BCUT2D eigenvalue weighted by Crippen LogP contribution is -2.54. The molecule has 0 aromatic carbocycles. The Balaban J connectivity index is 1.71. The van der Waals surface area contributed by atoms with Gasteiger partial charge in [0.25, 0.3) is 0 Å². The van der Waals surface area contributed by atoms with Crippen LogP contribution in [0.15, 0.2) is 0 Å². The Hall–Kier alpha value is -0.160. The molecule has 2 fully saturated rings. The Bertz CT molecular complexity index is 273. The normalized spacial score (nSPS) is 27.0. The van der Waals surface area contributed by atoms with Crippen LogP contribution in [-0.2, 0) is 4.74 Å². The van der Waals surface area contributed by atoms with E-state index in [-0.39, 0.29) is 0 Å². The summed E-state index contributed by atoms with van der Waals surface area (Å²) in [6.07, 6.45) is 5.60. The summed E-state index contributed by atoms with van der Waals surface area (Å²) in [6.45, 7) is 14.7. The maximum Gasteiger partial charge on any atom is 0.0594 e. The number of morpholine rings is 1. The van der Waals surface area contributed by atoms with E-state index in [1.54, 1.807) is 0 Å². The number of hydrogen-bond acceptors (Lipinski definition) is 4. The molecule has 0 unspecified atom stereocenters. The van der Waals surface area contributed by atoms with E-state index in [2.05, 4.69) is 35.9 Å². The molecule has 0 aromatic rings. The molecule has 2 heterocycles. The van der Waals surface area contributed by atoms with Gasteiger partial charge < -0.3 is 15.0 Å². The number of ether oxygens (including phenoxy) is 1. The second-order valence-electron chi connectivity index (χ2n) is 6.96. The highest BCUT2D eigenvalue weighted by Crippen LogP contribution is 2.11. The minimum atomic E-state index is 0.532. The molecule has 0 bridgehead atoms. The molecule has 2 saturated heterocycles. The Kier molecular flexibility index (Phi) is 7.44. The lowest BCUT2D eigenvalue weighted by Gasteiger charge is -2.37. The summed E-state index contributed by atoms with van der Waals surface area (Å²) in [5.74, 6) is 0. The molecule has 0 spiro atoms. The van der Waals surface area contributed by atoms with Gasteiger partial charge in [0, 0.05) is 37.8 Å². The highest BCUT2D eigenvalue weighted by atomic mass is 16.5. The van der Waals surface area contributed by atoms with Crippen LogP contribution in [0.2, 0.25) is 0 Å². The van der Waals surface area contributed by atoms with Crippen molar-refractivity contribution in [2.45, 2.75) is 64.6 Å². The molecular formula is C17H35N3O. The van der Waals surface area contributed by atoms with E-state index in [9.17, 15) is 0 Å². The van der Waals surface area contributed by atoms with E-state index < -0.39 is 0 Å². The Morgan fingerprint density at radius 1 is 0.905 bits per heavy atom. The van der Waals surface area contributed by atoms with Gasteiger partial charge in [0.15, 0.2) is 0 Å². The van der Waals surface area contributed by atoms with Crippen LogP contribution in [0.3, 0.4) is 0 Å². The molecule has 4 nitrogen and oxygen atoms in total. The second-order valence-corrected chi connectivity index (χ2v) is 6.96. The third-order valence-corrected chi connectivity index (χ3v) is 5.12. The SMILES string of the molecule is C[C@H](CN1CCCCCC1)N[C@@H](C)[C@H](C)N1CCOCC1. The molecule has 0 amide bonds. The van der Waals surface area contributed by atoms with Crippen molar-refractivity contribution in [3.63, 3.8) is 0 Å². The van der Waals surface area contributed by atoms with Crippen LogP contribution in [0.4, 0.5) is 0 Å². The van der Waals surface area contributed by atoms with Crippen molar-refractivity contribution in [1.29, 1.82) is 0 Å². The van der Waals surface area contributed by atoms with Gasteiger partial charge in [-0.15, -0.1) is 0 Å². The largest absolute Gasteiger partial charge is 0.379 e. The number of hydrogen-bond donors (Lipinski definition) is 1. The van der Waals surface area contributed by atoms with Crippen LogP contribution in [0.1, 0.15) is 46.5 Å².